The monoisotopic (exact) mass is 298 g/mol. The molecule has 7 heteroatoms. The van der Waals surface area contributed by atoms with E-state index in [1.54, 1.807) is 11.9 Å². The van der Waals surface area contributed by atoms with Crippen molar-refractivity contribution in [3.8, 4) is 0 Å². The summed E-state index contributed by atoms with van der Waals surface area (Å²) in [5.74, 6) is 0. The summed E-state index contributed by atoms with van der Waals surface area (Å²) in [6, 6.07) is 0.378. The average molecular weight is 298 g/mol. The van der Waals surface area contributed by atoms with Gasteiger partial charge in [-0.2, -0.15) is 0 Å². The zero-order valence-corrected chi connectivity index (χ0v) is 13.4. The highest BCUT2D eigenvalue weighted by molar-refractivity contribution is 5.73. The normalized spacial score (nSPS) is 21.0. The Labute approximate surface area is 126 Å². The highest BCUT2D eigenvalue weighted by Crippen LogP contribution is 2.20. The van der Waals surface area contributed by atoms with E-state index < -0.39 is 5.60 Å². The fourth-order valence-electron chi connectivity index (χ4n) is 2.61. The van der Waals surface area contributed by atoms with E-state index in [0.29, 0.717) is 6.04 Å². The Kier molecular flexibility index (Phi) is 4.61. The van der Waals surface area contributed by atoms with Gasteiger partial charge in [0.1, 0.15) is 5.60 Å². The molecule has 0 spiro atoms. The van der Waals surface area contributed by atoms with Gasteiger partial charge in [0.2, 0.25) is 0 Å². The largest absolute Gasteiger partial charge is 0.444 e. The van der Waals surface area contributed by atoms with Crippen LogP contribution in [0.15, 0.2) is 0 Å². The quantitative estimate of drug-likeness (QED) is 0.768. The average Bonchev–Trinajstić information content (AvgIpc) is 2.34. The third-order valence-corrected chi connectivity index (χ3v) is 3.85. The summed E-state index contributed by atoms with van der Waals surface area (Å²) in [6.45, 7) is 10.3. The molecule has 3 amide bonds. The second kappa shape index (κ2) is 6.09. The van der Waals surface area contributed by atoms with E-state index in [9.17, 15) is 9.59 Å². The minimum absolute atomic E-state index is 0.0151. The van der Waals surface area contributed by atoms with Gasteiger partial charge in [-0.25, -0.2) is 9.59 Å². The van der Waals surface area contributed by atoms with Crippen LogP contribution in [0.25, 0.3) is 0 Å². The lowest BCUT2D eigenvalue weighted by Gasteiger charge is -2.47. The molecule has 7 nitrogen and oxygen atoms in total. The van der Waals surface area contributed by atoms with Crippen molar-refractivity contribution in [1.29, 1.82) is 0 Å². The fourth-order valence-corrected chi connectivity index (χ4v) is 2.61. The van der Waals surface area contributed by atoms with Gasteiger partial charge in [0.25, 0.3) is 0 Å². The highest BCUT2D eigenvalue weighted by Gasteiger charge is 2.38. The lowest BCUT2D eigenvalue weighted by atomic mass is 10.1. The Hall–Kier alpha value is -1.50. The first-order valence-electron chi connectivity index (χ1n) is 7.49. The molecule has 0 aromatic carbocycles. The number of hydrogen-bond acceptors (Lipinski definition) is 4. The van der Waals surface area contributed by atoms with Gasteiger partial charge in [-0.1, -0.05) is 0 Å². The Morgan fingerprint density at radius 1 is 1.05 bits per heavy atom. The van der Waals surface area contributed by atoms with Gasteiger partial charge in [0.05, 0.1) is 0 Å². The molecule has 0 aromatic rings. The number of ether oxygens (including phenoxy) is 1. The second-order valence-electron chi connectivity index (χ2n) is 6.62. The summed E-state index contributed by atoms with van der Waals surface area (Å²) < 4.78 is 5.35. The Bertz CT molecular complexity index is 394. The van der Waals surface area contributed by atoms with Crippen LogP contribution in [-0.2, 0) is 4.74 Å². The van der Waals surface area contributed by atoms with Crippen molar-refractivity contribution in [2.75, 3.05) is 46.3 Å². The predicted octanol–water partition coefficient (Wildman–Crippen LogP) is 0.563. The Balaban J connectivity index is 1.71. The smallest absolute Gasteiger partial charge is 0.410 e. The van der Waals surface area contributed by atoms with Crippen LogP contribution in [0, 0.1) is 0 Å². The third-order valence-electron chi connectivity index (χ3n) is 3.85. The molecule has 0 aromatic heterocycles. The Morgan fingerprint density at radius 2 is 1.62 bits per heavy atom. The van der Waals surface area contributed by atoms with Crippen LogP contribution < -0.4 is 5.32 Å². The highest BCUT2D eigenvalue weighted by atomic mass is 16.6. The van der Waals surface area contributed by atoms with E-state index in [1.165, 1.54) is 0 Å². The van der Waals surface area contributed by atoms with Crippen LogP contribution in [-0.4, -0.2) is 84.8 Å². The number of carbonyl (C=O) groups excluding carboxylic acids is 2. The van der Waals surface area contributed by atoms with Crippen molar-refractivity contribution < 1.29 is 14.3 Å². The van der Waals surface area contributed by atoms with E-state index in [-0.39, 0.29) is 12.1 Å². The summed E-state index contributed by atoms with van der Waals surface area (Å²) in [5.41, 5.74) is -0.443. The molecular weight excluding hydrogens is 272 g/mol. The number of nitrogens with zero attached hydrogens (tertiary/aromatic N) is 3. The number of rotatable bonds is 1. The first kappa shape index (κ1) is 15.9. The van der Waals surface area contributed by atoms with Gasteiger partial charge in [-0.3, -0.25) is 4.90 Å². The molecule has 2 rings (SSSR count). The van der Waals surface area contributed by atoms with Gasteiger partial charge in [0, 0.05) is 52.4 Å². The van der Waals surface area contributed by atoms with Crippen molar-refractivity contribution in [2.24, 2.45) is 0 Å². The van der Waals surface area contributed by atoms with Crippen LogP contribution in [0.3, 0.4) is 0 Å². The van der Waals surface area contributed by atoms with Crippen molar-refractivity contribution in [1.82, 2.24) is 20.0 Å². The number of nitrogens with one attached hydrogen (secondary N) is 1. The maximum atomic E-state index is 11.9. The fraction of sp³-hybridized carbons (Fsp3) is 0.857. The van der Waals surface area contributed by atoms with Crippen LogP contribution in [0.5, 0.6) is 0 Å². The van der Waals surface area contributed by atoms with Crippen molar-refractivity contribution in [3.63, 3.8) is 0 Å². The van der Waals surface area contributed by atoms with E-state index in [1.807, 2.05) is 25.7 Å². The van der Waals surface area contributed by atoms with Crippen molar-refractivity contribution in [2.45, 2.75) is 32.4 Å². The molecule has 2 aliphatic heterocycles. The van der Waals surface area contributed by atoms with E-state index in [0.717, 1.165) is 39.3 Å². The van der Waals surface area contributed by atoms with E-state index in [4.69, 9.17) is 4.74 Å². The molecule has 2 heterocycles. The van der Waals surface area contributed by atoms with Crippen molar-refractivity contribution in [3.05, 3.63) is 0 Å². The van der Waals surface area contributed by atoms with Gasteiger partial charge in [0.15, 0.2) is 0 Å². The maximum absolute atomic E-state index is 11.9. The molecule has 2 saturated heterocycles. The molecule has 120 valence electrons. The standard InChI is InChI=1S/C14H26N4O3/c1-14(2,3)21-13(20)18-9-11(10-18)16-5-7-17(8-6-16)12(19)15-4/h11H,5-10H2,1-4H3,(H,15,19). The lowest BCUT2D eigenvalue weighted by molar-refractivity contribution is -0.0220. The van der Waals surface area contributed by atoms with Gasteiger partial charge in [-0.15, -0.1) is 0 Å². The van der Waals surface area contributed by atoms with Crippen LogP contribution in [0.2, 0.25) is 0 Å². The zero-order valence-electron chi connectivity index (χ0n) is 13.4. The number of hydrogen-bond donors (Lipinski definition) is 1. The summed E-state index contributed by atoms with van der Waals surface area (Å²) >= 11 is 0. The third kappa shape index (κ3) is 4.00. The molecule has 0 atom stereocenters. The number of carbonyl (C=O) groups is 2. The molecule has 0 aliphatic carbocycles. The molecule has 21 heavy (non-hydrogen) atoms. The number of piperazine rings is 1. The Morgan fingerprint density at radius 3 is 2.10 bits per heavy atom. The number of amides is 3. The topological polar surface area (TPSA) is 65.1 Å². The summed E-state index contributed by atoms with van der Waals surface area (Å²) in [7, 11) is 1.65. The molecular formula is C14H26N4O3. The molecule has 1 N–H and O–H groups in total. The second-order valence-corrected chi connectivity index (χ2v) is 6.62. The predicted molar refractivity (Wildman–Crippen MR) is 79.2 cm³/mol. The molecule has 0 bridgehead atoms. The molecule has 2 fully saturated rings. The molecule has 0 radical (unpaired) electrons. The van der Waals surface area contributed by atoms with Gasteiger partial charge in [-0.05, 0) is 20.8 Å². The van der Waals surface area contributed by atoms with Crippen molar-refractivity contribution >= 4 is 12.1 Å². The van der Waals surface area contributed by atoms with Gasteiger partial charge >= 0.3 is 12.1 Å². The summed E-state index contributed by atoms with van der Waals surface area (Å²) in [4.78, 5) is 29.3. The zero-order chi connectivity index (χ0) is 15.6. The first-order valence-corrected chi connectivity index (χ1v) is 7.49. The molecule has 2 aliphatic rings. The number of likely N-dealkylation sites (tertiary alicyclic amines) is 1. The molecule has 0 unspecified atom stereocenters. The van der Waals surface area contributed by atoms with E-state index in [2.05, 4.69) is 10.2 Å². The van der Waals surface area contributed by atoms with Crippen LogP contribution in [0.1, 0.15) is 20.8 Å². The lowest BCUT2D eigenvalue weighted by Crippen LogP contribution is -2.65. The van der Waals surface area contributed by atoms with Crippen LogP contribution >= 0.6 is 0 Å². The maximum Gasteiger partial charge on any atom is 0.410 e. The minimum atomic E-state index is -0.443. The molecule has 0 saturated carbocycles. The number of urea groups is 1. The van der Waals surface area contributed by atoms with E-state index >= 15 is 0 Å². The summed E-state index contributed by atoms with van der Waals surface area (Å²) in [5, 5.41) is 2.65. The van der Waals surface area contributed by atoms with Crippen LogP contribution in [0.4, 0.5) is 9.59 Å². The first-order chi connectivity index (χ1) is 9.80. The SMILES string of the molecule is CNC(=O)N1CCN(C2CN(C(=O)OC(C)(C)C)C2)CC1. The minimum Gasteiger partial charge on any atom is -0.444 e. The summed E-state index contributed by atoms with van der Waals surface area (Å²) in [6.07, 6.45) is -0.234. The van der Waals surface area contributed by atoms with Gasteiger partial charge < -0.3 is 19.9 Å².